The van der Waals surface area contributed by atoms with Gasteiger partial charge >= 0.3 is 0 Å². The molecule has 1 amide bonds. The van der Waals surface area contributed by atoms with Crippen molar-refractivity contribution in [3.05, 3.63) is 64.1 Å². The number of amides is 1. The number of anilines is 1. The Labute approximate surface area is 162 Å². The van der Waals surface area contributed by atoms with E-state index in [1.54, 1.807) is 12.1 Å². The van der Waals surface area contributed by atoms with Crippen molar-refractivity contribution >= 4 is 27.5 Å². The third kappa shape index (κ3) is 5.38. The average molecular weight is 419 g/mol. The second kappa shape index (κ2) is 9.28. The van der Waals surface area contributed by atoms with Crippen molar-refractivity contribution in [3.8, 4) is 0 Å². The van der Waals surface area contributed by atoms with Gasteiger partial charge in [-0.2, -0.15) is 0 Å². The molecule has 26 heavy (non-hydrogen) atoms. The molecule has 3 rings (SSSR count). The van der Waals surface area contributed by atoms with Crippen LogP contribution in [-0.2, 0) is 4.74 Å². The predicted octanol–water partition coefficient (Wildman–Crippen LogP) is 3.46. The molecule has 0 spiro atoms. The van der Waals surface area contributed by atoms with E-state index >= 15 is 0 Å². The highest BCUT2D eigenvalue weighted by atomic mass is 79.9. The summed E-state index contributed by atoms with van der Waals surface area (Å²) < 4.78 is 6.27. The van der Waals surface area contributed by atoms with Crippen LogP contribution in [0.15, 0.2) is 53.0 Å². The Hall–Kier alpha value is -1.73. The lowest BCUT2D eigenvalue weighted by Crippen LogP contribution is -2.37. The van der Waals surface area contributed by atoms with Gasteiger partial charge in [-0.3, -0.25) is 9.69 Å². The maximum atomic E-state index is 12.2. The summed E-state index contributed by atoms with van der Waals surface area (Å²) in [6.07, 6.45) is 0.180. The van der Waals surface area contributed by atoms with Crippen molar-refractivity contribution in [2.24, 2.45) is 0 Å². The van der Waals surface area contributed by atoms with E-state index in [4.69, 9.17) is 4.74 Å². The zero-order valence-electron chi connectivity index (χ0n) is 14.5. The molecule has 1 unspecified atom stereocenters. The van der Waals surface area contributed by atoms with Crippen LogP contribution in [0.1, 0.15) is 28.4 Å². The molecule has 1 atom stereocenters. The second-order valence-electron chi connectivity index (χ2n) is 6.34. The molecule has 1 saturated heterocycles. The van der Waals surface area contributed by atoms with Gasteiger partial charge in [-0.15, -0.1) is 0 Å². The van der Waals surface area contributed by atoms with Crippen molar-refractivity contribution in [2.75, 3.05) is 38.2 Å². The molecule has 0 aliphatic carbocycles. The minimum atomic E-state index is -0.505. The third-order valence-electron chi connectivity index (χ3n) is 4.48. The Morgan fingerprint density at radius 2 is 1.77 bits per heavy atom. The molecule has 2 aromatic carbocycles. The zero-order valence-corrected chi connectivity index (χ0v) is 16.1. The number of halogens is 1. The van der Waals surface area contributed by atoms with E-state index in [0.29, 0.717) is 17.7 Å². The average Bonchev–Trinajstić information content (AvgIpc) is 2.68. The summed E-state index contributed by atoms with van der Waals surface area (Å²) in [4.78, 5) is 14.5. The van der Waals surface area contributed by atoms with E-state index in [9.17, 15) is 9.90 Å². The van der Waals surface area contributed by atoms with Gasteiger partial charge in [0.25, 0.3) is 5.91 Å². The van der Waals surface area contributed by atoms with Crippen LogP contribution in [0, 0.1) is 0 Å². The van der Waals surface area contributed by atoms with Gasteiger partial charge < -0.3 is 15.2 Å². The second-order valence-corrected chi connectivity index (χ2v) is 7.26. The molecule has 0 aromatic heterocycles. The van der Waals surface area contributed by atoms with Gasteiger partial charge in [0.15, 0.2) is 0 Å². The largest absolute Gasteiger partial charge is 0.388 e. The molecule has 6 heteroatoms. The Morgan fingerprint density at radius 3 is 2.42 bits per heavy atom. The van der Waals surface area contributed by atoms with E-state index in [2.05, 4.69) is 26.1 Å². The molecular formula is C20H23BrN2O3. The molecule has 1 aliphatic rings. The number of carbonyl (C=O) groups is 1. The number of morpholine rings is 1. The summed E-state index contributed by atoms with van der Waals surface area (Å²) in [5, 5.41) is 13.2. The number of nitrogens with zero attached hydrogens (tertiary/aromatic N) is 1. The van der Waals surface area contributed by atoms with Crippen LogP contribution in [0.25, 0.3) is 0 Å². The molecule has 138 valence electrons. The maximum Gasteiger partial charge on any atom is 0.255 e. The van der Waals surface area contributed by atoms with Crippen LogP contribution in [0.3, 0.4) is 0 Å². The highest BCUT2D eigenvalue weighted by molar-refractivity contribution is 9.10. The quantitative estimate of drug-likeness (QED) is 0.753. The topological polar surface area (TPSA) is 61.8 Å². The van der Waals surface area contributed by atoms with Crippen LogP contribution in [0.5, 0.6) is 0 Å². The number of hydrogen-bond acceptors (Lipinski definition) is 4. The summed E-state index contributed by atoms with van der Waals surface area (Å²) in [5.41, 5.74) is 2.17. The fraction of sp³-hybridized carbons (Fsp3) is 0.350. The number of rotatable bonds is 6. The Balaban J connectivity index is 1.52. The highest BCUT2D eigenvalue weighted by Gasteiger charge is 2.14. The summed E-state index contributed by atoms with van der Waals surface area (Å²) in [5.74, 6) is -0.155. The van der Waals surface area contributed by atoms with E-state index in [1.807, 2.05) is 36.4 Å². The van der Waals surface area contributed by atoms with Crippen LogP contribution in [0.2, 0.25) is 0 Å². The van der Waals surface area contributed by atoms with Gasteiger partial charge in [-0.05, 0) is 48.4 Å². The number of ether oxygens (including phenoxy) is 1. The van der Waals surface area contributed by atoms with Gasteiger partial charge in [-0.1, -0.05) is 28.1 Å². The summed E-state index contributed by atoms with van der Waals surface area (Å²) >= 11 is 3.36. The van der Waals surface area contributed by atoms with E-state index < -0.39 is 6.10 Å². The highest BCUT2D eigenvalue weighted by Crippen LogP contribution is 2.20. The fourth-order valence-electron chi connectivity index (χ4n) is 2.89. The van der Waals surface area contributed by atoms with Crippen molar-refractivity contribution in [1.29, 1.82) is 0 Å². The number of benzene rings is 2. The van der Waals surface area contributed by atoms with Crippen LogP contribution >= 0.6 is 15.9 Å². The number of aliphatic hydroxyl groups is 1. The molecule has 1 fully saturated rings. The lowest BCUT2D eigenvalue weighted by Gasteiger charge is -2.27. The zero-order chi connectivity index (χ0) is 18.4. The van der Waals surface area contributed by atoms with E-state index in [-0.39, 0.29) is 5.91 Å². The van der Waals surface area contributed by atoms with Crippen molar-refractivity contribution in [1.82, 2.24) is 4.90 Å². The number of hydrogen-bond donors (Lipinski definition) is 2. The first-order valence-electron chi connectivity index (χ1n) is 8.77. The minimum Gasteiger partial charge on any atom is -0.388 e. The number of carbonyl (C=O) groups excluding carboxylic acids is 1. The standard InChI is InChI=1S/C20H23BrN2O3/c21-17-5-1-16(2-6-17)20(25)22-18-7-3-15(4-8-18)19(24)9-10-23-11-13-26-14-12-23/h1-8,19,24H,9-14H2,(H,22,25). The molecule has 1 aliphatic heterocycles. The maximum absolute atomic E-state index is 12.2. The Kier molecular flexibility index (Phi) is 6.80. The molecule has 0 radical (unpaired) electrons. The van der Waals surface area contributed by atoms with Crippen LogP contribution in [0.4, 0.5) is 5.69 Å². The molecular weight excluding hydrogens is 396 g/mol. The molecule has 2 N–H and O–H groups in total. The van der Waals surface area contributed by atoms with Crippen molar-refractivity contribution in [3.63, 3.8) is 0 Å². The van der Waals surface area contributed by atoms with Gasteiger partial charge in [0.05, 0.1) is 19.3 Å². The van der Waals surface area contributed by atoms with Gasteiger partial charge in [0.1, 0.15) is 0 Å². The SMILES string of the molecule is O=C(Nc1ccc(C(O)CCN2CCOCC2)cc1)c1ccc(Br)cc1. The van der Waals surface area contributed by atoms with Crippen LogP contribution < -0.4 is 5.32 Å². The summed E-state index contributed by atoms with van der Waals surface area (Å²) in [6.45, 7) is 4.24. The first-order chi connectivity index (χ1) is 12.6. The predicted molar refractivity (Wildman–Crippen MR) is 105 cm³/mol. The van der Waals surface area contributed by atoms with Gasteiger partial charge in [0.2, 0.25) is 0 Å². The molecule has 2 aromatic rings. The monoisotopic (exact) mass is 418 g/mol. The van der Waals surface area contributed by atoms with E-state index in [1.165, 1.54) is 0 Å². The third-order valence-corrected chi connectivity index (χ3v) is 5.01. The lowest BCUT2D eigenvalue weighted by molar-refractivity contribution is 0.0300. The first kappa shape index (κ1) is 19.0. The first-order valence-corrected chi connectivity index (χ1v) is 9.56. The number of aliphatic hydroxyl groups excluding tert-OH is 1. The fourth-order valence-corrected chi connectivity index (χ4v) is 3.15. The molecule has 5 nitrogen and oxygen atoms in total. The Bertz CT molecular complexity index is 713. The lowest BCUT2D eigenvalue weighted by atomic mass is 10.1. The Morgan fingerprint density at radius 1 is 1.12 bits per heavy atom. The van der Waals surface area contributed by atoms with Gasteiger partial charge in [-0.25, -0.2) is 0 Å². The molecule has 0 saturated carbocycles. The normalized spacial score (nSPS) is 16.2. The molecule has 1 heterocycles. The molecule has 0 bridgehead atoms. The minimum absolute atomic E-state index is 0.155. The van der Waals surface area contributed by atoms with Crippen LogP contribution in [-0.4, -0.2) is 48.8 Å². The van der Waals surface area contributed by atoms with Crippen molar-refractivity contribution < 1.29 is 14.6 Å². The van der Waals surface area contributed by atoms with Gasteiger partial charge in [0, 0.05) is 35.4 Å². The smallest absolute Gasteiger partial charge is 0.255 e. The summed E-state index contributed by atoms with van der Waals surface area (Å²) in [7, 11) is 0. The number of nitrogens with one attached hydrogen (secondary N) is 1. The van der Waals surface area contributed by atoms with E-state index in [0.717, 1.165) is 42.9 Å². The summed E-state index contributed by atoms with van der Waals surface area (Å²) in [6, 6.07) is 14.6. The van der Waals surface area contributed by atoms with Crippen molar-refractivity contribution in [2.45, 2.75) is 12.5 Å².